The molecule has 4 rings (SSSR count). The van der Waals surface area contributed by atoms with E-state index in [0.717, 1.165) is 16.5 Å². The average molecular weight is 381 g/mol. The maximum Gasteiger partial charge on any atom is 0.295 e. The van der Waals surface area contributed by atoms with Crippen LogP contribution in [0.1, 0.15) is 22.6 Å². The number of fused-ring (bicyclic) bond motifs is 2. The minimum absolute atomic E-state index is 0.307. The number of imidazole rings is 1. The van der Waals surface area contributed by atoms with Crippen molar-refractivity contribution in [3.05, 3.63) is 72.1 Å². The lowest BCUT2D eigenvalue weighted by Crippen LogP contribution is -2.28. The molecule has 7 heteroatoms. The predicted molar refractivity (Wildman–Crippen MR) is 103 cm³/mol. The lowest BCUT2D eigenvalue weighted by Gasteiger charge is -2.10. The van der Waals surface area contributed by atoms with Crippen molar-refractivity contribution in [2.75, 3.05) is 13.2 Å². The van der Waals surface area contributed by atoms with Crippen LogP contribution < -0.4 is 10.1 Å². The van der Waals surface area contributed by atoms with Gasteiger partial charge < -0.3 is 15.0 Å². The quantitative estimate of drug-likeness (QED) is 0.485. The Bertz CT molecular complexity index is 1140. The van der Waals surface area contributed by atoms with Crippen molar-refractivity contribution < 1.29 is 18.3 Å². The zero-order valence-electron chi connectivity index (χ0n) is 14.8. The number of ether oxygens (including phenoxy) is 1. The number of H-pyrrole nitrogens is 1. The van der Waals surface area contributed by atoms with Gasteiger partial charge in [-0.25, -0.2) is 13.8 Å². The number of carbonyl (C=O) groups is 1. The van der Waals surface area contributed by atoms with Crippen molar-refractivity contribution in [1.82, 2.24) is 15.3 Å². The van der Waals surface area contributed by atoms with E-state index in [4.69, 9.17) is 4.74 Å². The van der Waals surface area contributed by atoms with Crippen LogP contribution in [0.4, 0.5) is 8.78 Å². The topological polar surface area (TPSA) is 67.0 Å². The Labute approximate surface area is 159 Å². The molecule has 4 aromatic rings. The number of halogens is 2. The molecule has 3 aromatic carbocycles. The molecular formula is C21H17F2N3O2. The first-order valence-corrected chi connectivity index (χ1v) is 8.78. The highest BCUT2D eigenvalue weighted by Crippen LogP contribution is 2.25. The SMILES string of the molecule is O=C(NCCOc1cccc2ccccc12)c1ccc2nc(C(F)F)[nH]c2c1. The standard InChI is InChI=1S/C21H17F2N3O2/c22-19(23)20-25-16-9-8-14(12-17(16)26-20)21(27)24-10-11-28-18-7-3-5-13-4-1-2-6-15(13)18/h1-9,12,19H,10-11H2,(H,24,27)(H,25,26). The second-order valence-corrected chi connectivity index (χ2v) is 6.24. The molecule has 0 spiro atoms. The van der Waals surface area contributed by atoms with Crippen molar-refractivity contribution in [2.45, 2.75) is 6.43 Å². The summed E-state index contributed by atoms with van der Waals surface area (Å²) < 4.78 is 31.2. The van der Waals surface area contributed by atoms with Crippen LogP contribution in [0.15, 0.2) is 60.7 Å². The number of amides is 1. The number of aromatic amines is 1. The van der Waals surface area contributed by atoms with Crippen LogP contribution in [0, 0.1) is 0 Å². The van der Waals surface area contributed by atoms with Gasteiger partial charge in [0.15, 0.2) is 5.82 Å². The van der Waals surface area contributed by atoms with E-state index in [9.17, 15) is 13.6 Å². The molecule has 0 saturated heterocycles. The summed E-state index contributed by atoms with van der Waals surface area (Å²) in [5.74, 6) is 0.0402. The average Bonchev–Trinajstić information content (AvgIpc) is 3.15. The molecule has 0 aliphatic heterocycles. The Hall–Kier alpha value is -3.48. The number of hydrogen-bond acceptors (Lipinski definition) is 3. The van der Waals surface area contributed by atoms with Gasteiger partial charge in [-0.3, -0.25) is 4.79 Å². The number of carbonyl (C=O) groups excluding carboxylic acids is 1. The molecule has 0 fully saturated rings. The lowest BCUT2D eigenvalue weighted by molar-refractivity contribution is 0.0947. The van der Waals surface area contributed by atoms with E-state index in [1.807, 2.05) is 42.5 Å². The number of rotatable bonds is 6. The van der Waals surface area contributed by atoms with Crippen molar-refractivity contribution >= 4 is 27.7 Å². The van der Waals surface area contributed by atoms with Crippen LogP contribution in [-0.4, -0.2) is 29.0 Å². The van der Waals surface area contributed by atoms with Crippen molar-refractivity contribution in [3.8, 4) is 5.75 Å². The fourth-order valence-corrected chi connectivity index (χ4v) is 3.02. The minimum atomic E-state index is -2.68. The molecule has 28 heavy (non-hydrogen) atoms. The van der Waals surface area contributed by atoms with E-state index in [-0.39, 0.29) is 5.91 Å². The molecule has 0 saturated carbocycles. The molecule has 0 atom stereocenters. The van der Waals surface area contributed by atoms with Gasteiger partial charge in [-0.1, -0.05) is 36.4 Å². The van der Waals surface area contributed by atoms with Crippen LogP contribution in [-0.2, 0) is 0 Å². The van der Waals surface area contributed by atoms with Crippen molar-refractivity contribution in [3.63, 3.8) is 0 Å². The molecule has 5 nitrogen and oxygen atoms in total. The highest BCUT2D eigenvalue weighted by Gasteiger charge is 2.14. The van der Waals surface area contributed by atoms with E-state index in [1.54, 1.807) is 12.1 Å². The van der Waals surface area contributed by atoms with Gasteiger partial charge in [-0.2, -0.15) is 0 Å². The number of aromatic nitrogens is 2. The summed E-state index contributed by atoms with van der Waals surface area (Å²) in [7, 11) is 0. The van der Waals surface area contributed by atoms with Crippen LogP contribution in [0.5, 0.6) is 5.75 Å². The normalized spacial score (nSPS) is 11.2. The van der Waals surface area contributed by atoms with Gasteiger partial charge in [0.05, 0.1) is 17.6 Å². The second-order valence-electron chi connectivity index (χ2n) is 6.24. The van der Waals surface area contributed by atoms with Gasteiger partial charge in [0.1, 0.15) is 12.4 Å². The van der Waals surface area contributed by atoms with Crippen LogP contribution >= 0.6 is 0 Å². The van der Waals surface area contributed by atoms with Gasteiger partial charge in [0.2, 0.25) is 0 Å². The molecule has 0 aliphatic rings. The number of alkyl halides is 2. The Morgan fingerprint density at radius 1 is 1.11 bits per heavy atom. The molecule has 1 heterocycles. The summed E-state index contributed by atoms with van der Waals surface area (Å²) in [6, 6.07) is 18.3. The van der Waals surface area contributed by atoms with Crippen molar-refractivity contribution in [2.24, 2.45) is 0 Å². The minimum Gasteiger partial charge on any atom is -0.491 e. The fourth-order valence-electron chi connectivity index (χ4n) is 3.02. The zero-order chi connectivity index (χ0) is 19.5. The maximum absolute atomic E-state index is 12.7. The molecule has 2 N–H and O–H groups in total. The highest BCUT2D eigenvalue weighted by atomic mass is 19.3. The molecule has 1 aromatic heterocycles. The first-order valence-electron chi connectivity index (χ1n) is 8.78. The Morgan fingerprint density at radius 3 is 2.79 bits per heavy atom. The Kier molecular flexibility index (Phi) is 4.89. The molecule has 0 radical (unpaired) electrons. The lowest BCUT2D eigenvalue weighted by atomic mass is 10.1. The van der Waals surface area contributed by atoms with Gasteiger partial charge in [-0.15, -0.1) is 0 Å². The van der Waals surface area contributed by atoms with Crippen molar-refractivity contribution in [1.29, 1.82) is 0 Å². The van der Waals surface area contributed by atoms with E-state index >= 15 is 0 Å². The van der Waals surface area contributed by atoms with E-state index in [0.29, 0.717) is 29.7 Å². The highest BCUT2D eigenvalue weighted by molar-refractivity contribution is 5.97. The summed E-state index contributed by atoms with van der Waals surface area (Å²) >= 11 is 0. The number of benzene rings is 3. The molecule has 142 valence electrons. The monoisotopic (exact) mass is 381 g/mol. The number of nitrogens with one attached hydrogen (secondary N) is 2. The molecule has 1 amide bonds. The molecule has 0 bridgehead atoms. The predicted octanol–water partition coefficient (Wildman–Crippen LogP) is 4.46. The fraction of sp³-hybridized carbons (Fsp3) is 0.143. The van der Waals surface area contributed by atoms with Gasteiger partial charge in [0, 0.05) is 10.9 Å². The van der Waals surface area contributed by atoms with Gasteiger partial charge in [-0.05, 0) is 29.7 Å². The van der Waals surface area contributed by atoms with Crippen LogP contribution in [0.3, 0.4) is 0 Å². The first kappa shape index (κ1) is 17.9. The summed E-state index contributed by atoms with van der Waals surface area (Å²) in [6.07, 6.45) is -2.68. The third-order valence-electron chi connectivity index (χ3n) is 4.36. The van der Waals surface area contributed by atoms with E-state index < -0.39 is 12.2 Å². The third kappa shape index (κ3) is 3.64. The summed E-state index contributed by atoms with van der Waals surface area (Å²) in [5, 5.41) is 4.86. The third-order valence-corrected chi connectivity index (χ3v) is 4.36. The summed E-state index contributed by atoms with van der Waals surface area (Å²) in [4.78, 5) is 18.6. The van der Waals surface area contributed by atoms with Crippen LogP contribution in [0.25, 0.3) is 21.8 Å². The second kappa shape index (κ2) is 7.64. The number of hydrogen-bond donors (Lipinski definition) is 2. The summed E-state index contributed by atoms with van der Waals surface area (Å²) in [5.41, 5.74) is 1.16. The molecular weight excluding hydrogens is 364 g/mol. The van der Waals surface area contributed by atoms with E-state index in [2.05, 4.69) is 15.3 Å². The first-order chi connectivity index (χ1) is 13.6. The largest absolute Gasteiger partial charge is 0.491 e. The van der Waals surface area contributed by atoms with Gasteiger partial charge in [0.25, 0.3) is 12.3 Å². The zero-order valence-corrected chi connectivity index (χ0v) is 14.8. The molecule has 0 aliphatic carbocycles. The Morgan fingerprint density at radius 2 is 1.93 bits per heavy atom. The number of nitrogens with zero attached hydrogens (tertiary/aromatic N) is 1. The Balaban J connectivity index is 1.37. The van der Waals surface area contributed by atoms with Gasteiger partial charge >= 0.3 is 0 Å². The summed E-state index contributed by atoms with van der Waals surface area (Å²) in [6.45, 7) is 0.618. The van der Waals surface area contributed by atoms with Crippen LogP contribution in [0.2, 0.25) is 0 Å². The smallest absolute Gasteiger partial charge is 0.295 e. The molecule has 0 unspecified atom stereocenters. The maximum atomic E-state index is 12.7. The van der Waals surface area contributed by atoms with E-state index in [1.165, 1.54) is 6.07 Å².